The van der Waals surface area contributed by atoms with Gasteiger partial charge in [0.05, 0.1) is 11.9 Å². The molecule has 2 aromatic rings. The van der Waals surface area contributed by atoms with Crippen LogP contribution in [0.5, 0.6) is 5.75 Å². The van der Waals surface area contributed by atoms with Gasteiger partial charge in [0.15, 0.2) is 0 Å². The van der Waals surface area contributed by atoms with E-state index >= 15 is 0 Å². The predicted octanol–water partition coefficient (Wildman–Crippen LogP) is 1.33. The summed E-state index contributed by atoms with van der Waals surface area (Å²) in [5, 5.41) is 0. The van der Waals surface area contributed by atoms with Crippen molar-refractivity contribution < 1.29 is 22.7 Å². The summed E-state index contributed by atoms with van der Waals surface area (Å²) in [6.07, 6.45) is 1.83. The number of sulfonamides is 1. The highest BCUT2D eigenvalue weighted by atomic mass is 32.2. The molecule has 2 amide bonds. The first-order valence-electron chi connectivity index (χ1n) is 9.58. The smallest absolute Gasteiger partial charge is 0.243 e. The topological polar surface area (TPSA) is 87.2 Å². The Morgan fingerprint density at radius 2 is 1.67 bits per heavy atom. The summed E-state index contributed by atoms with van der Waals surface area (Å²) in [6, 6.07) is 16.3. The monoisotopic (exact) mass is 431 g/mol. The molecule has 1 aliphatic heterocycles. The lowest BCUT2D eigenvalue weighted by molar-refractivity contribution is -0.133. The van der Waals surface area contributed by atoms with E-state index in [9.17, 15) is 18.0 Å². The van der Waals surface area contributed by atoms with Crippen molar-refractivity contribution in [3.8, 4) is 5.75 Å². The van der Waals surface area contributed by atoms with Crippen LogP contribution >= 0.6 is 0 Å². The molecule has 1 fully saturated rings. The molecule has 0 radical (unpaired) electrons. The number of piperazine rings is 1. The van der Waals surface area contributed by atoms with E-state index in [-0.39, 0.29) is 12.5 Å². The molecular weight excluding hydrogens is 406 g/mol. The van der Waals surface area contributed by atoms with Crippen LogP contribution in [0, 0.1) is 0 Å². The summed E-state index contributed by atoms with van der Waals surface area (Å²) >= 11 is 0. The van der Waals surface area contributed by atoms with E-state index < -0.39 is 10.0 Å². The third kappa shape index (κ3) is 5.73. The second-order valence-corrected chi connectivity index (χ2v) is 8.97. The first kappa shape index (κ1) is 21.6. The fraction of sp³-hybridized carbons (Fsp3) is 0.333. The van der Waals surface area contributed by atoms with Crippen LogP contribution in [-0.2, 0) is 26.2 Å². The number of benzene rings is 2. The largest absolute Gasteiger partial charge is 0.489 e. The molecule has 3 rings (SSSR count). The maximum Gasteiger partial charge on any atom is 0.243 e. The van der Waals surface area contributed by atoms with Crippen LogP contribution < -0.4 is 9.04 Å². The normalized spacial score (nSPS) is 14.3. The summed E-state index contributed by atoms with van der Waals surface area (Å²) in [7, 11) is -3.66. The van der Waals surface area contributed by atoms with Gasteiger partial charge in [-0.25, -0.2) is 8.42 Å². The zero-order valence-electron chi connectivity index (χ0n) is 16.8. The zero-order chi connectivity index (χ0) is 21.6. The van der Waals surface area contributed by atoms with Gasteiger partial charge >= 0.3 is 0 Å². The molecule has 0 N–H and O–H groups in total. The lowest BCUT2D eigenvalue weighted by Gasteiger charge is -2.34. The summed E-state index contributed by atoms with van der Waals surface area (Å²) in [5.74, 6) is 0.308. The number of carbonyl (C=O) groups is 2. The molecule has 0 aromatic heterocycles. The van der Waals surface area contributed by atoms with Crippen LogP contribution in [0.4, 0.5) is 5.69 Å². The van der Waals surface area contributed by atoms with Crippen LogP contribution in [0.1, 0.15) is 5.56 Å². The van der Waals surface area contributed by atoms with E-state index in [1.807, 2.05) is 30.3 Å². The molecule has 1 saturated heterocycles. The summed E-state index contributed by atoms with van der Waals surface area (Å²) in [4.78, 5) is 26.6. The minimum absolute atomic E-state index is 0.288. The van der Waals surface area contributed by atoms with Gasteiger partial charge in [0.2, 0.25) is 22.3 Å². The van der Waals surface area contributed by atoms with Crippen molar-refractivity contribution in [2.24, 2.45) is 0 Å². The zero-order valence-corrected chi connectivity index (χ0v) is 17.6. The van der Waals surface area contributed by atoms with Gasteiger partial charge in [-0.1, -0.05) is 30.3 Å². The fourth-order valence-electron chi connectivity index (χ4n) is 3.15. The molecule has 1 heterocycles. The number of carbonyl (C=O) groups excluding carboxylic acids is 2. The minimum atomic E-state index is -3.66. The van der Waals surface area contributed by atoms with Crippen LogP contribution in [0.3, 0.4) is 0 Å². The van der Waals surface area contributed by atoms with Crippen molar-refractivity contribution in [3.05, 3.63) is 60.2 Å². The average molecular weight is 432 g/mol. The third-order valence-corrected chi connectivity index (χ3v) is 6.01. The van der Waals surface area contributed by atoms with Crippen molar-refractivity contribution in [1.82, 2.24) is 9.80 Å². The molecule has 0 saturated carbocycles. The van der Waals surface area contributed by atoms with Crippen molar-refractivity contribution in [2.45, 2.75) is 6.61 Å². The van der Waals surface area contributed by atoms with Gasteiger partial charge in [0, 0.05) is 26.2 Å². The Bertz CT molecular complexity index is 956. The highest BCUT2D eigenvalue weighted by Crippen LogP contribution is 2.22. The van der Waals surface area contributed by atoms with E-state index in [0.717, 1.165) is 22.5 Å². The fourth-order valence-corrected chi connectivity index (χ4v) is 4.00. The number of anilines is 1. The number of hydrogen-bond acceptors (Lipinski definition) is 5. The second kappa shape index (κ2) is 9.62. The van der Waals surface area contributed by atoms with Gasteiger partial charge in [-0.15, -0.1) is 0 Å². The molecule has 8 nitrogen and oxygen atoms in total. The molecule has 9 heteroatoms. The van der Waals surface area contributed by atoms with Crippen molar-refractivity contribution in [3.63, 3.8) is 0 Å². The molecule has 1 aliphatic rings. The van der Waals surface area contributed by atoms with E-state index in [4.69, 9.17) is 4.74 Å². The van der Waals surface area contributed by atoms with Gasteiger partial charge in [0.25, 0.3) is 0 Å². The van der Waals surface area contributed by atoms with Crippen LogP contribution in [0.15, 0.2) is 54.6 Å². The number of rotatable bonds is 8. The standard InChI is InChI=1S/C21H25N3O5S/c1-30(27,28)24(15-21(26)23-13-11-22(17-25)12-14-23)19-7-9-20(10-8-19)29-16-18-5-3-2-4-6-18/h2-10,17H,11-16H2,1H3. The van der Waals surface area contributed by atoms with Gasteiger partial charge in [-0.05, 0) is 29.8 Å². The molecule has 0 bridgehead atoms. The molecular formula is C21H25N3O5S. The first-order chi connectivity index (χ1) is 14.4. The highest BCUT2D eigenvalue weighted by Gasteiger charge is 2.26. The summed E-state index contributed by atoms with van der Waals surface area (Å²) in [5.41, 5.74) is 1.42. The SMILES string of the molecule is CS(=O)(=O)N(CC(=O)N1CCN(C=O)CC1)c1ccc(OCc2ccccc2)cc1. The third-order valence-electron chi connectivity index (χ3n) is 4.87. The lowest BCUT2D eigenvalue weighted by atomic mass is 10.2. The van der Waals surface area contributed by atoms with Crippen molar-refractivity contribution in [2.75, 3.05) is 43.3 Å². The maximum atomic E-state index is 12.6. The maximum absolute atomic E-state index is 12.6. The number of hydrogen-bond donors (Lipinski definition) is 0. The summed E-state index contributed by atoms with van der Waals surface area (Å²) < 4.78 is 31.4. The van der Waals surface area contributed by atoms with Crippen molar-refractivity contribution in [1.29, 1.82) is 0 Å². The quantitative estimate of drug-likeness (QED) is 0.589. The Kier molecular flexibility index (Phi) is 6.94. The Morgan fingerprint density at radius 3 is 2.23 bits per heavy atom. The molecule has 0 unspecified atom stereocenters. The van der Waals surface area contributed by atoms with E-state index in [2.05, 4.69) is 0 Å². The Morgan fingerprint density at radius 1 is 1.03 bits per heavy atom. The lowest BCUT2D eigenvalue weighted by Crippen LogP contribution is -2.51. The Labute approximate surface area is 176 Å². The van der Waals surface area contributed by atoms with Crippen LogP contribution in [0.2, 0.25) is 0 Å². The molecule has 160 valence electrons. The van der Waals surface area contributed by atoms with E-state index in [1.54, 1.807) is 34.1 Å². The predicted molar refractivity (Wildman–Crippen MR) is 114 cm³/mol. The molecule has 0 aliphatic carbocycles. The van der Waals surface area contributed by atoms with Gasteiger partial charge in [-0.2, -0.15) is 0 Å². The van der Waals surface area contributed by atoms with E-state index in [0.29, 0.717) is 44.2 Å². The number of ether oxygens (including phenoxy) is 1. The Balaban J connectivity index is 1.65. The molecule has 2 aromatic carbocycles. The summed E-state index contributed by atoms with van der Waals surface area (Å²) in [6.45, 7) is 1.79. The van der Waals surface area contributed by atoms with Gasteiger partial charge in [0.1, 0.15) is 18.9 Å². The molecule has 0 atom stereocenters. The van der Waals surface area contributed by atoms with Crippen LogP contribution in [-0.4, -0.2) is 69.5 Å². The van der Waals surface area contributed by atoms with Crippen molar-refractivity contribution >= 4 is 28.0 Å². The first-order valence-corrected chi connectivity index (χ1v) is 11.4. The minimum Gasteiger partial charge on any atom is -0.489 e. The molecule has 30 heavy (non-hydrogen) atoms. The highest BCUT2D eigenvalue weighted by molar-refractivity contribution is 7.92. The Hall–Kier alpha value is -3.07. The number of nitrogens with zero attached hydrogens (tertiary/aromatic N) is 3. The number of amides is 2. The molecule has 0 spiro atoms. The van der Waals surface area contributed by atoms with Crippen LogP contribution in [0.25, 0.3) is 0 Å². The van der Waals surface area contributed by atoms with Gasteiger partial charge in [-0.3, -0.25) is 13.9 Å². The second-order valence-electron chi connectivity index (χ2n) is 7.06. The van der Waals surface area contributed by atoms with Gasteiger partial charge < -0.3 is 14.5 Å². The van der Waals surface area contributed by atoms with E-state index in [1.165, 1.54) is 0 Å². The average Bonchev–Trinajstić information content (AvgIpc) is 2.76.